The molecule has 0 bridgehead atoms. The van der Waals surface area contributed by atoms with Crippen LogP contribution in [0.3, 0.4) is 0 Å². The van der Waals surface area contributed by atoms with Gasteiger partial charge in [-0.15, -0.1) is 11.3 Å². The number of nitrogen functional groups attached to an aromatic ring is 1. The van der Waals surface area contributed by atoms with Crippen molar-refractivity contribution in [2.24, 2.45) is 0 Å². The Morgan fingerprint density at radius 3 is 2.82 bits per heavy atom. The zero-order chi connectivity index (χ0) is 12.3. The third-order valence-electron chi connectivity index (χ3n) is 2.91. The van der Waals surface area contributed by atoms with Crippen LogP contribution in [0.15, 0.2) is 29.6 Å². The lowest BCUT2D eigenvalue weighted by atomic mass is 10.0. The Hall–Kier alpha value is -1.32. The molecule has 2 rings (SSSR count). The van der Waals surface area contributed by atoms with Crippen LogP contribution < -0.4 is 5.73 Å². The topological polar surface area (TPSA) is 46.2 Å². The zero-order valence-electron chi connectivity index (χ0n) is 9.94. The number of anilines is 1. The molecule has 17 heavy (non-hydrogen) atoms. The second kappa shape index (κ2) is 5.34. The van der Waals surface area contributed by atoms with Gasteiger partial charge in [0.1, 0.15) is 0 Å². The lowest BCUT2D eigenvalue weighted by molar-refractivity contribution is 0.300. The van der Waals surface area contributed by atoms with Crippen LogP contribution in [0, 0.1) is 0 Å². The molecule has 0 saturated heterocycles. The summed E-state index contributed by atoms with van der Waals surface area (Å²) in [6.45, 7) is 2.29. The van der Waals surface area contributed by atoms with Crippen molar-refractivity contribution in [3.8, 4) is 10.4 Å². The minimum atomic E-state index is 0.137. The Kier molecular flexibility index (Phi) is 3.82. The Balaban J connectivity index is 2.41. The molecule has 90 valence electrons. The van der Waals surface area contributed by atoms with Crippen molar-refractivity contribution >= 4 is 17.0 Å². The molecule has 1 aromatic heterocycles. The number of hydrogen-bond acceptors (Lipinski definition) is 3. The van der Waals surface area contributed by atoms with Crippen LogP contribution in [0.1, 0.15) is 18.1 Å². The predicted octanol–water partition coefficient (Wildman–Crippen LogP) is 3.09. The zero-order valence-corrected chi connectivity index (χ0v) is 10.8. The average molecular weight is 247 g/mol. The fraction of sp³-hybridized carbons (Fsp3) is 0.286. The van der Waals surface area contributed by atoms with Gasteiger partial charge in [0.05, 0.1) is 0 Å². The summed E-state index contributed by atoms with van der Waals surface area (Å²) in [7, 11) is 0. The first-order chi connectivity index (χ1) is 8.26. The SMILES string of the molecule is CCc1csc(-c2cccc(CCO)c2N)c1. The fourth-order valence-electron chi connectivity index (χ4n) is 1.87. The Labute approximate surface area is 106 Å². The van der Waals surface area contributed by atoms with E-state index in [9.17, 15) is 0 Å². The van der Waals surface area contributed by atoms with E-state index in [0.717, 1.165) is 23.2 Å². The van der Waals surface area contributed by atoms with Gasteiger partial charge in [-0.05, 0) is 35.4 Å². The number of benzene rings is 1. The van der Waals surface area contributed by atoms with Crippen molar-refractivity contribution < 1.29 is 5.11 Å². The van der Waals surface area contributed by atoms with Crippen LogP contribution in [0.25, 0.3) is 10.4 Å². The molecule has 0 aliphatic rings. The number of nitrogens with two attached hydrogens (primary N) is 1. The van der Waals surface area contributed by atoms with Gasteiger partial charge in [0, 0.05) is 22.7 Å². The maximum Gasteiger partial charge on any atom is 0.0472 e. The highest BCUT2D eigenvalue weighted by atomic mass is 32.1. The van der Waals surface area contributed by atoms with Gasteiger partial charge in [0.2, 0.25) is 0 Å². The van der Waals surface area contributed by atoms with E-state index >= 15 is 0 Å². The summed E-state index contributed by atoms with van der Waals surface area (Å²) in [6.07, 6.45) is 1.67. The van der Waals surface area contributed by atoms with Crippen molar-refractivity contribution in [1.29, 1.82) is 0 Å². The second-order valence-electron chi connectivity index (χ2n) is 4.02. The smallest absolute Gasteiger partial charge is 0.0472 e. The van der Waals surface area contributed by atoms with E-state index in [2.05, 4.69) is 18.4 Å². The average Bonchev–Trinajstić information content (AvgIpc) is 2.80. The van der Waals surface area contributed by atoms with Crippen molar-refractivity contribution in [3.63, 3.8) is 0 Å². The molecule has 0 aliphatic carbocycles. The van der Waals surface area contributed by atoms with E-state index in [0.29, 0.717) is 6.42 Å². The molecular weight excluding hydrogens is 230 g/mol. The number of hydrogen-bond donors (Lipinski definition) is 2. The maximum absolute atomic E-state index is 8.99. The van der Waals surface area contributed by atoms with Gasteiger partial charge in [-0.25, -0.2) is 0 Å². The largest absolute Gasteiger partial charge is 0.398 e. The number of rotatable bonds is 4. The molecule has 1 heterocycles. The quantitative estimate of drug-likeness (QED) is 0.816. The van der Waals surface area contributed by atoms with Crippen LogP contribution >= 0.6 is 11.3 Å². The molecule has 2 nitrogen and oxygen atoms in total. The Morgan fingerprint density at radius 2 is 2.18 bits per heavy atom. The standard InChI is InChI=1S/C14H17NOS/c1-2-10-8-13(17-9-10)12-5-3-4-11(6-7-16)14(12)15/h3-5,8-9,16H,2,6-7,15H2,1H3. The summed E-state index contributed by atoms with van der Waals surface area (Å²) in [4.78, 5) is 1.21. The van der Waals surface area contributed by atoms with Gasteiger partial charge in [-0.3, -0.25) is 0 Å². The number of thiophene rings is 1. The molecule has 3 N–H and O–H groups in total. The highest BCUT2D eigenvalue weighted by Gasteiger charge is 2.08. The molecule has 0 fully saturated rings. The molecular formula is C14H17NOS. The molecule has 3 heteroatoms. The molecule has 2 aromatic rings. The number of aliphatic hydroxyl groups excluding tert-OH is 1. The fourth-order valence-corrected chi connectivity index (χ4v) is 2.91. The summed E-state index contributed by atoms with van der Waals surface area (Å²) in [5, 5.41) is 11.2. The van der Waals surface area contributed by atoms with Crippen LogP contribution in [0.4, 0.5) is 5.69 Å². The van der Waals surface area contributed by atoms with Crippen LogP contribution in [0.5, 0.6) is 0 Å². The van der Waals surface area contributed by atoms with Gasteiger partial charge >= 0.3 is 0 Å². The number of aryl methyl sites for hydroxylation is 1. The molecule has 0 radical (unpaired) electrons. The lowest BCUT2D eigenvalue weighted by Gasteiger charge is -2.08. The van der Waals surface area contributed by atoms with Gasteiger partial charge in [-0.2, -0.15) is 0 Å². The van der Waals surface area contributed by atoms with E-state index in [1.165, 1.54) is 10.4 Å². The summed E-state index contributed by atoms with van der Waals surface area (Å²) >= 11 is 1.73. The van der Waals surface area contributed by atoms with E-state index in [4.69, 9.17) is 10.8 Å². The van der Waals surface area contributed by atoms with Crippen molar-refractivity contribution in [3.05, 3.63) is 40.8 Å². The maximum atomic E-state index is 8.99. The molecule has 1 aromatic carbocycles. The number of aliphatic hydroxyl groups is 1. The molecule has 0 amide bonds. The normalized spacial score (nSPS) is 10.7. The third kappa shape index (κ3) is 2.51. The van der Waals surface area contributed by atoms with Crippen molar-refractivity contribution in [1.82, 2.24) is 0 Å². The van der Waals surface area contributed by atoms with Gasteiger partial charge in [-0.1, -0.05) is 25.1 Å². The van der Waals surface area contributed by atoms with Crippen LogP contribution in [0.2, 0.25) is 0 Å². The Morgan fingerprint density at radius 1 is 1.35 bits per heavy atom. The molecule has 0 saturated carbocycles. The Bertz CT molecular complexity index is 505. The van der Waals surface area contributed by atoms with E-state index in [1.54, 1.807) is 11.3 Å². The van der Waals surface area contributed by atoms with E-state index in [1.807, 2.05) is 18.2 Å². The first-order valence-corrected chi connectivity index (χ1v) is 6.70. The van der Waals surface area contributed by atoms with Gasteiger partial charge < -0.3 is 10.8 Å². The van der Waals surface area contributed by atoms with E-state index in [-0.39, 0.29) is 6.61 Å². The third-order valence-corrected chi connectivity index (χ3v) is 3.92. The first kappa shape index (κ1) is 12.1. The predicted molar refractivity (Wildman–Crippen MR) is 74.3 cm³/mol. The monoisotopic (exact) mass is 247 g/mol. The van der Waals surface area contributed by atoms with Crippen LogP contribution in [-0.2, 0) is 12.8 Å². The van der Waals surface area contributed by atoms with E-state index < -0.39 is 0 Å². The summed E-state index contributed by atoms with van der Waals surface area (Å²) < 4.78 is 0. The summed E-state index contributed by atoms with van der Waals surface area (Å²) in [6, 6.07) is 8.21. The second-order valence-corrected chi connectivity index (χ2v) is 4.94. The highest BCUT2D eigenvalue weighted by molar-refractivity contribution is 7.13. The molecule has 0 aliphatic heterocycles. The van der Waals surface area contributed by atoms with Gasteiger partial charge in [0.25, 0.3) is 0 Å². The van der Waals surface area contributed by atoms with Crippen LogP contribution in [-0.4, -0.2) is 11.7 Å². The first-order valence-electron chi connectivity index (χ1n) is 5.82. The lowest BCUT2D eigenvalue weighted by Crippen LogP contribution is -1.99. The molecule has 0 atom stereocenters. The minimum Gasteiger partial charge on any atom is -0.398 e. The highest BCUT2D eigenvalue weighted by Crippen LogP contribution is 2.33. The molecule has 0 spiro atoms. The van der Waals surface area contributed by atoms with Crippen molar-refractivity contribution in [2.75, 3.05) is 12.3 Å². The van der Waals surface area contributed by atoms with Gasteiger partial charge in [0.15, 0.2) is 0 Å². The molecule has 0 unspecified atom stereocenters. The van der Waals surface area contributed by atoms with Crippen molar-refractivity contribution in [2.45, 2.75) is 19.8 Å². The number of para-hydroxylation sites is 1. The summed E-state index contributed by atoms with van der Waals surface area (Å²) in [5.41, 5.74) is 10.4. The minimum absolute atomic E-state index is 0.137. The summed E-state index contributed by atoms with van der Waals surface area (Å²) in [5.74, 6) is 0.